The van der Waals surface area contributed by atoms with Crippen LogP contribution in [0.25, 0.3) is 22.4 Å². The second-order valence-electron chi connectivity index (χ2n) is 7.82. The smallest absolute Gasteiger partial charge is 0.308 e. The van der Waals surface area contributed by atoms with Gasteiger partial charge in [0.05, 0.1) is 23.9 Å². The predicted octanol–water partition coefficient (Wildman–Crippen LogP) is 3.60. The van der Waals surface area contributed by atoms with Crippen LogP contribution in [0.15, 0.2) is 24.7 Å². The van der Waals surface area contributed by atoms with E-state index in [1.54, 1.807) is 12.3 Å². The minimum absolute atomic E-state index is 0.0197. The molecule has 9 heteroatoms. The molecule has 0 radical (unpaired) electrons. The Morgan fingerprint density at radius 2 is 1.83 bits per heavy atom. The van der Waals surface area contributed by atoms with Crippen LogP contribution in [0.4, 0.5) is 14.6 Å². The van der Waals surface area contributed by atoms with Gasteiger partial charge < -0.3 is 15.4 Å². The number of aromatic nitrogens is 4. The zero-order valence-electron chi connectivity index (χ0n) is 15.4. The molecule has 3 N–H and O–H groups in total. The Morgan fingerprint density at radius 1 is 1.10 bits per heavy atom. The molecular formula is C20H19F2N5O2. The third-order valence-corrected chi connectivity index (χ3v) is 6.32. The number of rotatable bonds is 4. The first-order valence-electron chi connectivity index (χ1n) is 9.66. The molecule has 2 unspecified atom stereocenters. The highest BCUT2D eigenvalue weighted by Crippen LogP contribution is 2.46. The number of carboxylic acid groups (broad SMARTS) is 1. The maximum atomic E-state index is 14.5. The largest absolute Gasteiger partial charge is 0.481 e. The highest BCUT2D eigenvalue weighted by molar-refractivity contribution is 5.91. The van der Waals surface area contributed by atoms with Crippen LogP contribution < -0.4 is 5.32 Å². The highest BCUT2D eigenvalue weighted by Gasteiger charge is 2.47. The van der Waals surface area contributed by atoms with E-state index in [-0.39, 0.29) is 29.0 Å². The second kappa shape index (κ2) is 6.75. The van der Waals surface area contributed by atoms with Crippen molar-refractivity contribution in [1.82, 2.24) is 19.9 Å². The standard InChI is InChI=1S/C20H19F2N5O2/c21-12-7-24-17-11(5-6-23-17)15(12)19-25-8-13(22)18(27-19)26-16-10-3-1-9(2-4-10)14(16)20(28)29/h5-10,14,16H,1-4H2,(H,23,24)(H,28,29)(H,25,26,27). The van der Waals surface area contributed by atoms with Crippen LogP contribution in [-0.4, -0.2) is 37.1 Å². The molecule has 29 heavy (non-hydrogen) atoms. The van der Waals surface area contributed by atoms with Crippen LogP contribution >= 0.6 is 0 Å². The molecule has 0 amide bonds. The molecule has 0 aliphatic heterocycles. The van der Waals surface area contributed by atoms with Gasteiger partial charge in [-0.05, 0) is 43.6 Å². The second-order valence-corrected chi connectivity index (χ2v) is 7.82. The summed E-state index contributed by atoms with van der Waals surface area (Å²) in [7, 11) is 0. The molecule has 7 nitrogen and oxygen atoms in total. The summed E-state index contributed by atoms with van der Waals surface area (Å²) in [4.78, 5) is 26.9. The number of carbonyl (C=O) groups is 1. The zero-order valence-corrected chi connectivity index (χ0v) is 15.4. The fourth-order valence-corrected chi connectivity index (χ4v) is 4.97. The van der Waals surface area contributed by atoms with Crippen molar-refractivity contribution < 1.29 is 18.7 Å². The first kappa shape index (κ1) is 18.0. The van der Waals surface area contributed by atoms with Gasteiger partial charge in [0.25, 0.3) is 0 Å². The number of aromatic amines is 1. The molecular weight excluding hydrogens is 380 g/mol. The van der Waals surface area contributed by atoms with E-state index < -0.39 is 29.6 Å². The summed E-state index contributed by atoms with van der Waals surface area (Å²) >= 11 is 0. The fraction of sp³-hybridized carbons (Fsp3) is 0.400. The van der Waals surface area contributed by atoms with Crippen molar-refractivity contribution in [2.75, 3.05) is 5.32 Å². The number of fused-ring (bicyclic) bond motifs is 4. The van der Waals surface area contributed by atoms with Crippen molar-refractivity contribution >= 4 is 22.8 Å². The SMILES string of the molecule is O=C(O)C1C2CCC(CC2)C1Nc1nc(-c2c(F)cnc3[nH]ccc23)ncc1F. The van der Waals surface area contributed by atoms with Gasteiger partial charge in [-0.1, -0.05) is 0 Å². The first-order valence-corrected chi connectivity index (χ1v) is 9.66. The van der Waals surface area contributed by atoms with Gasteiger partial charge in [-0.3, -0.25) is 4.79 Å². The molecule has 3 heterocycles. The Labute approximate surface area is 164 Å². The van der Waals surface area contributed by atoms with Crippen molar-refractivity contribution in [1.29, 1.82) is 0 Å². The van der Waals surface area contributed by atoms with Gasteiger partial charge in [-0.25, -0.2) is 23.7 Å². The molecule has 0 spiro atoms. The van der Waals surface area contributed by atoms with E-state index in [0.29, 0.717) is 11.0 Å². The minimum Gasteiger partial charge on any atom is -0.481 e. The number of nitrogens with one attached hydrogen (secondary N) is 2. The summed E-state index contributed by atoms with van der Waals surface area (Å²) in [6.07, 6.45) is 7.26. The summed E-state index contributed by atoms with van der Waals surface area (Å²) in [5.74, 6) is -2.63. The number of halogens is 2. The van der Waals surface area contributed by atoms with Crippen LogP contribution in [0.1, 0.15) is 25.7 Å². The maximum absolute atomic E-state index is 14.5. The topological polar surface area (TPSA) is 104 Å². The van der Waals surface area contributed by atoms with Crippen molar-refractivity contribution in [3.8, 4) is 11.4 Å². The van der Waals surface area contributed by atoms with Crippen LogP contribution in [0.2, 0.25) is 0 Å². The monoisotopic (exact) mass is 399 g/mol. The number of nitrogens with zero attached hydrogens (tertiary/aromatic N) is 3. The zero-order chi connectivity index (χ0) is 20.1. The van der Waals surface area contributed by atoms with E-state index in [4.69, 9.17) is 0 Å². The summed E-state index contributed by atoms with van der Waals surface area (Å²) < 4.78 is 29.0. The lowest BCUT2D eigenvalue weighted by Gasteiger charge is -2.47. The van der Waals surface area contributed by atoms with E-state index in [1.165, 1.54) is 0 Å². The van der Waals surface area contributed by atoms with E-state index >= 15 is 0 Å². The molecule has 6 rings (SSSR count). The number of carboxylic acids is 1. The summed E-state index contributed by atoms with van der Waals surface area (Å²) in [6, 6.07) is 1.24. The maximum Gasteiger partial charge on any atom is 0.308 e. The van der Waals surface area contributed by atoms with E-state index in [1.807, 2.05) is 0 Å². The number of pyridine rings is 1. The van der Waals surface area contributed by atoms with Crippen molar-refractivity contribution in [3.63, 3.8) is 0 Å². The van der Waals surface area contributed by atoms with E-state index in [9.17, 15) is 18.7 Å². The number of anilines is 1. The summed E-state index contributed by atoms with van der Waals surface area (Å²) in [5.41, 5.74) is 0.596. The van der Waals surface area contributed by atoms with Crippen molar-refractivity contribution in [3.05, 3.63) is 36.3 Å². The lowest BCUT2D eigenvalue weighted by Crippen LogP contribution is -2.51. The number of aliphatic carboxylic acids is 1. The normalized spacial score (nSPS) is 26.0. The average Bonchev–Trinajstić information content (AvgIpc) is 3.19. The Bertz CT molecular complexity index is 1090. The van der Waals surface area contributed by atoms with Crippen LogP contribution in [0.5, 0.6) is 0 Å². The lowest BCUT2D eigenvalue weighted by atomic mass is 9.61. The van der Waals surface area contributed by atoms with Crippen molar-refractivity contribution in [2.24, 2.45) is 17.8 Å². The Kier molecular flexibility index (Phi) is 4.18. The van der Waals surface area contributed by atoms with E-state index in [2.05, 4.69) is 25.3 Å². The molecule has 2 atom stereocenters. The molecule has 150 valence electrons. The van der Waals surface area contributed by atoms with Crippen LogP contribution in [-0.2, 0) is 4.79 Å². The van der Waals surface area contributed by atoms with Gasteiger partial charge in [0, 0.05) is 17.6 Å². The van der Waals surface area contributed by atoms with Crippen LogP contribution in [0, 0.1) is 29.4 Å². The van der Waals surface area contributed by atoms with Gasteiger partial charge >= 0.3 is 5.97 Å². The van der Waals surface area contributed by atoms with Gasteiger partial charge in [0.1, 0.15) is 5.65 Å². The number of H-pyrrole nitrogens is 1. The van der Waals surface area contributed by atoms with E-state index in [0.717, 1.165) is 38.1 Å². The number of hydrogen-bond acceptors (Lipinski definition) is 5. The van der Waals surface area contributed by atoms with Gasteiger partial charge in [0.15, 0.2) is 23.3 Å². The first-order chi connectivity index (χ1) is 14.0. The molecule has 3 saturated carbocycles. The molecule has 3 fully saturated rings. The predicted molar refractivity (Wildman–Crippen MR) is 101 cm³/mol. The minimum atomic E-state index is -0.874. The summed E-state index contributed by atoms with van der Waals surface area (Å²) in [6.45, 7) is 0. The molecule has 3 aliphatic rings. The Morgan fingerprint density at radius 3 is 2.59 bits per heavy atom. The van der Waals surface area contributed by atoms with Gasteiger partial charge in [-0.2, -0.15) is 0 Å². The molecule has 2 bridgehead atoms. The quantitative estimate of drug-likeness (QED) is 0.619. The fourth-order valence-electron chi connectivity index (χ4n) is 4.97. The molecule has 3 aromatic rings. The highest BCUT2D eigenvalue weighted by atomic mass is 19.1. The van der Waals surface area contributed by atoms with Gasteiger partial charge in [-0.15, -0.1) is 0 Å². The molecule has 3 aliphatic carbocycles. The molecule has 0 aromatic carbocycles. The number of hydrogen-bond donors (Lipinski definition) is 3. The van der Waals surface area contributed by atoms with Gasteiger partial charge in [0.2, 0.25) is 0 Å². The van der Waals surface area contributed by atoms with Crippen LogP contribution in [0.3, 0.4) is 0 Å². The molecule has 3 aromatic heterocycles. The Balaban J connectivity index is 1.54. The van der Waals surface area contributed by atoms with Crippen molar-refractivity contribution in [2.45, 2.75) is 31.7 Å². The third kappa shape index (κ3) is 2.92. The summed E-state index contributed by atoms with van der Waals surface area (Å²) in [5, 5.41) is 13.2. The molecule has 0 saturated heterocycles. The average molecular weight is 399 g/mol. The Hall–Kier alpha value is -3.10. The third-order valence-electron chi connectivity index (χ3n) is 6.32. The lowest BCUT2D eigenvalue weighted by molar-refractivity contribution is -0.148.